The van der Waals surface area contributed by atoms with E-state index >= 15 is 0 Å². The highest BCUT2D eigenvalue weighted by molar-refractivity contribution is 6.00. The van der Waals surface area contributed by atoms with Crippen LogP contribution < -0.4 is 5.32 Å². The summed E-state index contributed by atoms with van der Waals surface area (Å²) < 4.78 is 17.2. The van der Waals surface area contributed by atoms with Crippen LogP contribution in [0.1, 0.15) is 16.8 Å². The molecule has 2 aliphatic heterocycles. The molecule has 0 radical (unpaired) electrons. The molecular formula is C26H29N3O4. The summed E-state index contributed by atoms with van der Waals surface area (Å²) in [6, 6.07) is 17.5. The van der Waals surface area contributed by atoms with Crippen molar-refractivity contribution in [3.8, 4) is 22.8 Å². The summed E-state index contributed by atoms with van der Waals surface area (Å²) >= 11 is 0. The second-order valence-corrected chi connectivity index (χ2v) is 8.49. The number of hydrogen-bond acceptors (Lipinski definition) is 6. The highest BCUT2D eigenvalue weighted by Gasteiger charge is 2.32. The van der Waals surface area contributed by atoms with Crippen LogP contribution in [0.15, 0.2) is 65.2 Å². The lowest BCUT2D eigenvalue weighted by Gasteiger charge is -2.37. The van der Waals surface area contributed by atoms with E-state index in [4.69, 9.17) is 13.9 Å². The third kappa shape index (κ3) is 5.00. The van der Waals surface area contributed by atoms with Gasteiger partial charge in [0.1, 0.15) is 0 Å². The van der Waals surface area contributed by atoms with Crippen LogP contribution in [0.2, 0.25) is 0 Å². The Morgan fingerprint density at radius 2 is 1.82 bits per heavy atom. The molecule has 1 N–H and O–H groups in total. The van der Waals surface area contributed by atoms with E-state index < -0.39 is 0 Å². The first-order chi connectivity index (χ1) is 16.3. The molecule has 0 unspecified atom stereocenters. The number of ether oxygens (including phenoxy) is 2. The zero-order chi connectivity index (χ0) is 22.5. The third-order valence-electron chi connectivity index (χ3n) is 6.46. The van der Waals surface area contributed by atoms with Gasteiger partial charge in [-0.15, -0.1) is 0 Å². The summed E-state index contributed by atoms with van der Waals surface area (Å²) in [5, 5.41) is 3.18. The minimum atomic E-state index is -0.123. The minimum absolute atomic E-state index is 0.123. The molecule has 2 saturated heterocycles. The van der Waals surface area contributed by atoms with Crippen molar-refractivity contribution in [2.45, 2.75) is 12.5 Å². The van der Waals surface area contributed by atoms with Crippen LogP contribution in [-0.2, 0) is 9.47 Å². The lowest BCUT2D eigenvalue weighted by Crippen LogP contribution is -2.52. The van der Waals surface area contributed by atoms with Crippen LogP contribution in [0.3, 0.4) is 0 Å². The molecule has 0 spiro atoms. The van der Waals surface area contributed by atoms with Gasteiger partial charge in [0, 0.05) is 49.3 Å². The molecular weight excluding hydrogens is 418 g/mol. The van der Waals surface area contributed by atoms with E-state index in [1.165, 1.54) is 0 Å². The molecule has 3 heterocycles. The smallest absolute Gasteiger partial charge is 0.252 e. The van der Waals surface area contributed by atoms with Crippen LogP contribution in [0.25, 0.3) is 22.8 Å². The maximum atomic E-state index is 13.3. The maximum absolute atomic E-state index is 13.3. The van der Waals surface area contributed by atoms with Gasteiger partial charge in [-0.05, 0) is 18.6 Å². The Kier molecular flexibility index (Phi) is 6.81. The molecule has 2 fully saturated rings. The SMILES string of the molecule is O=C(NC[C@H]([C@@H]1CCOC1)N1CCOCC1)c1ccccc1-c1ncc(-c2ccccc2)o1. The van der Waals surface area contributed by atoms with Crippen molar-refractivity contribution in [1.82, 2.24) is 15.2 Å². The highest BCUT2D eigenvalue weighted by Crippen LogP contribution is 2.28. The summed E-state index contributed by atoms with van der Waals surface area (Å²) in [6.07, 6.45) is 2.72. The van der Waals surface area contributed by atoms with Crippen molar-refractivity contribution in [1.29, 1.82) is 0 Å². The number of rotatable bonds is 7. The lowest BCUT2D eigenvalue weighted by atomic mass is 9.96. The number of benzene rings is 2. The predicted octanol–water partition coefficient (Wildman–Crippen LogP) is 3.48. The van der Waals surface area contributed by atoms with Crippen LogP contribution >= 0.6 is 0 Å². The van der Waals surface area contributed by atoms with Crippen molar-refractivity contribution in [2.24, 2.45) is 5.92 Å². The van der Waals surface area contributed by atoms with Crippen molar-refractivity contribution in [3.63, 3.8) is 0 Å². The Morgan fingerprint density at radius 1 is 1.03 bits per heavy atom. The van der Waals surface area contributed by atoms with Gasteiger partial charge in [-0.2, -0.15) is 0 Å². The summed E-state index contributed by atoms with van der Waals surface area (Å²) in [5.74, 6) is 1.41. The Hall–Kier alpha value is -3.00. The van der Waals surface area contributed by atoms with Crippen molar-refractivity contribution >= 4 is 5.91 Å². The van der Waals surface area contributed by atoms with E-state index in [9.17, 15) is 4.79 Å². The average molecular weight is 448 g/mol. The maximum Gasteiger partial charge on any atom is 0.252 e. The number of aromatic nitrogens is 1. The van der Waals surface area contributed by atoms with Gasteiger partial charge in [-0.3, -0.25) is 9.69 Å². The quantitative estimate of drug-likeness (QED) is 0.598. The first kappa shape index (κ1) is 21.8. The van der Waals surface area contributed by atoms with E-state index in [0.29, 0.717) is 35.2 Å². The van der Waals surface area contributed by atoms with Gasteiger partial charge in [0.2, 0.25) is 5.89 Å². The molecule has 0 bridgehead atoms. The molecule has 172 valence electrons. The molecule has 7 nitrogen and oxygen atoms in total. The molecule has 2 aromatic carbocycles. The molecule has 2 atom stereocenters. The van der Waals surface area contributed by atoms with Gasteiger partial charge in [-0.25, -0.2) is 4.98 Å². The molecule has 1 amide bonds. The molecule has 2 aliphatic rings. The van der Waals surface area contributed by atoms with Crippen LogP contribution in [0.4, 0.5) is 0 Å². The Labute approximate surface area is 193 Å². The summed E-state index contributed by atoms with van der Waals surface area (Å²) in [7, 11) is 0. The second kappa shape index (κ2) is 10.3. The van der Waals surface area contributed by atoms with E-state index in [0.717, 1.165) is 51.5 Å². The van der Waals surface area contributed by atoms with Crippen LogP contribution in [0.5, 0.6) is 0 Å². The van der Waals surface area contributed by atoms with Gasteiger partial charge in [0.25, 0.3) is 5.91 Å². The number of nitrogens with zero attached hydrogens (tertiary/aromatic N) is 2. The van der Waals surface area contributed by atoms with Crippen molar-refractivity contribution < 1.29 is 18.7 Å². The van der Waals surface area contributed by atoms with E-state index in [1.54, 1.807) is 6.20 Å². The standard InChI is InChI=1S/C26H29N3O4/c30-25(27-16-23(20-10-13-32-18-20)29-11-14-31-15-12-29)21-8-4-5-9-22(21)26-28-17-24(33-26)19-6-2-1-3-7-19/h1-9,17,20,23H,10-16,18H2,(H,27,30)/t20-,23-/m1/s1. The fraction of sp³-hybridized carbons (Fsp3) is 0.385. The van der Waals surface area contributed by atoms with Gasteiger partial charge >= 0.3 is 0 Å². The van der Waals surface area contributed by atoms with E-state index in [-0.39, 0.29) is 11.9 Å². The molecule has 33 heavy (non-hydrogen) atoms. The number of nitrogens with one attached hydrogen (secondary N) is 1. The summed E-state index contributed by atoms with van der Waals surface area (Å²) in [4.78, 5) is 20.1. The topological polar surface area (TPSA) is 76.8 Å². The van der Waals surface area contributed by atoms with Gasteiger partial charge < -0.3 is 19.2 Å². The number of carbonyl (C=O) groups is 1. The molecule has 0 saturated carbocycles. The molecule has 5 rings (SSSR count). The zero-order valence-electron chi connectivity index (χ0n) is 18.6. The normalized spacial score (nSPS) is 19.9. The second-order valence-electron chi connectivity index (χ2n) is 8.49. The first-order valence-corrected chi connectivity index (χ1v) is 11.6. The first-order valence-electron chi connectivity index (χ1n) is 11.6. The van der Waals surface area contributed by atoms with Crippen molar-refractivity contribution in [3.05, 3.63) is 66.4 Å². The Bertz CT molecular complexity index is 1060. The third-order valence-corrected chi connectivity index (χ3v) is 6.46. The molecule has 0 aliphatic carbocycles. The van der Waals surface area contributed by atoms with E-state index in [1.807, 2.05) is 54.6 Å². The summed E-state index contributed by atoms with van der Waals surface area (Å²) in [6.45, 7) is 5.33. The van der Waals surface area contributed by atoms with Crippen molar-refractivity contribution in [2.75, 3.05) is 46.1 Å². The van der Waals surface area contributed by atoms with Gasteiger partial charge in [0.15, 0.2) is 5.76 Å². The van der Waals surface area contributed by atoms with E-state index in [2.05, 4.69) is 15.2 Å². The highest BCUT2D eigenvalue weighted by atomic mass is 16.5. The molecule has 3 aromatic rings. The number of oxazole rings is 1. The average Bonchev–Trinajstić information content (AvgIpc) is 3.58. The monoisotopic (exact) mass is 447 g/mol. The van der Waals surface area contributed by atoms with Crippen LogP contribution in [-0.4, -0.2) is 67.9 Å². The number of amides is 1. The Morgan fingerprint density at radius 3 is 2.61 bits per heavy atom. The fourth-order valence-electron chi connectivity index (χ4n) is 4.65. The lowest BCUT2D eigenvalue weighted by molar-refractivity contribution is 0.00166. The number of hydrogen-bond donors (Lipinski definition) is 1. The van der Waals surface area contributed by atoms with Crippen LogP contribution in [0, 0.1) is 5.92 Å². The fourth-order valence-corrected chi connectivity index (χ4v) is 4.65. The Balaban J connectivity index is 1.32. The minimum Gasteiger partial charge on any atom is -0.436 e. The van der Waals surface area contributed by atoms with Gasteiger partial charge in [0.05, 0.1) is 31.6 Å². The number of carbonyl (C=O) groups excluding carboxylic acids is 1. The molecule has 7 heteroatoms. The molecule has 1 aromatic heterocycles. The predicted molar refractivity (Wildman–Crippen MR) is 125 cm³/mol. The summed E-state index contributed by atoms with van der Waals surface area (Å²) in [5.41, 5.74) is 2.19. The van der Waals surface area contributed by atoms with Gasteiger partial charge in [-0.1, -0.05) is 42.5 Å². The largest absolute Gasteiger partial charge is 0.436 e. The number of morpholine rings is 1. The zero-order valence-corrected chi connectivity index (χ0v) is 18.6.